The Labute approximate surface area is 182 Å². The van der Waals surface area contributed by atoms with Gasteiger partial charge in [-0.15, -0.1) is 0 Å². The molecule has 0 saturated carbocycles. The zero-order chi connectivity index (χ0) is 23.0. The van der Waals surface area contributed by atoms with E-state index >= 15 is 0 Å². The molecule has 0 aliphatic carbocycles. The molecule has 166 valence electrons. The number of carbonyl (C=O) groups is 1. The lowest BCUT2D eigenvalue weighted by Crippen LogP contribution is -2.69. The number of nitrogens with two attached hydrogens (primary N) is 1. The molecule has 1 fully saturated rings. The normalized spacial score (nSPS) is 15.3. The summed E-state index contributed by atoms with van der Waals surface area (Å²) in [7, 11) is -3.92. The molecule has 2 heterocycles. The van der Waals surface area contributed by atoms with Crippen molar-refractivity contribution in [1.29, 1.82) is 0 Å². The lowest BCUT2D eigenvalue weighted by Gasteiger charge is -2.47. The van der Waals surface area contributed by atoms with Gasteiger partial charge in [0.15, 0.2) is 5.60 Å². The molecule has 3 rings (SSSR count). The standard InChI is InChI=1S/C17H19ClN6O6S/c1-3-30-17(15(19)25)8-23(9-17)14-12(24(26)27)13(21-16(22-14)31(2,28)29)20-11-6-4-10(18)5-7-11/h4-7H,3,8-9H2,1-2H3,(H2,19,25)(H,20,21,22). The first-order chi connectivity index (χ1) is 14.5. The van der Waals surface area contributed by atoms with Crippen LogP contribution in [-0.4, -0.2) is 60.8 Å². The number of hydrogen-bond acceptors (Lipinski definition) is 10. The van der Waals surface area contributed by atoms with E-state index in [4.69, 9.17) is 22.1 Å². The lowest BCUT2D eigenvalue weighted by atomic mass is 9.92. The van der Waals surface area contributed by atoms with Crippen LogP contribution in [0.2, 0.25) is 5.02 Å². The first-order valence-corrected chi connectivity index (χ1v) is 11.2. The van der Waals surface area contributed by atoms with Crippen LogP contribution < -0.4 is 16.0 Å². The summed E-state index contributed by atoms with van der Waals surface area (Å²) in [5.41, 5.74) is 3.91. The Morgan fingerprint density at radius 3 is 2.45 bits per heavy atom. The Morgan fingerprint density at radius 1 is 1.35 bits per heavy atom. The third kappa shape index (κ3) is 4.52. The van der Waals surface area contributed by atoms with Gasteiger partial charge in [0, 0.05) is 23.6 Å². The highest BCUT2D eigenvalue weighted by Crippen LogP contribution is 2.40. The molecule has 1 aromatic carbocycles. The van der Waals surface area contributed by atoms with Crippen molar-refractivity contribution in [1.82, 2.24) is 9.97 Å². The molecule has 12 nitrogen and oxygen atoms in total. The van der Waals surface area contributed by atoms with Crippen LogP contribution in [0.4, 0.5) is 23.0 Å². The summed E-state index contributed by atoms with van der Waals surface area (Å²) in [6, 6.07) is 6.19. The quantitative estimate of drug-likeness (QED) is 0.325. The van der Waals surface area contributed by atoms with Crippen LogP contribution in [0.1, 0.15) is 6.92 Å². The molecule has 31 heavy (non-hydrogen) atoms. The summed E-state index contributed by atoms with van der Waals surface area (Å²) in [6.07, 6.45) is 0.883. The fourth-order valence-corrected chi connectivity index (χ4v) is 3.68. The Morgan fingerprint density at radius 2 is 1.97 bits per heavy atom. The lowest BCUT2D eigenvalue weighted by molar-refractivity contribution is -0.383. The van der Waals surface area contributed by atoms with Crippen molar-refractivity contribution in [3.05, 3.63) is 39.4 Å². The maximum absolute atomic E-state index is 12.1. The van der Waals surface area contributed by atoms with Crippen molar-refractivity contribution in [3.63, 3.8) is 0 Å². The predicted octanol–water partition coefficient (Wildman–Crippen LogP) is 1.27. The third-order valence-corrected chi connectivity index (χ3v) is 5.63. The molecule has 3 N–H and O–H groups in total. The minimum Gasteiger partial charge on any atom is -0.367 e. The SMILES string of the molecule is CCOC1(C(N)=O)CN(c2nc(S(C)(=O)=O)nc(Nc3ccc(Cl)cc3)c2[N+](=O)[O-])C1. The highest BCUT2D eigenvalue weighted by atomic mass is 35.5. The first-order valence-electron chi connectivity index (χ1n) is 8.95. The summed E-state index contributed by atoms with van der Waals surface area (Å²) in [4.78, 5) is 32.1. The van der Waals surface area contributed by atoms with Gasteiger partial charge >= 0.3 is 5.69 Å². The number of nitro groups is 1. The van der Waals surface area contributed by atoms with Gasteiger partial charge in [0.1, 0.15) is 0 Å². The smallest absolute Gasteiger partial charge is 0.353 e. The largest absolute Gasteiger partial charge is 0.367 e. The van der Waals surface area contributed by atoms with Crippen molar-refractivity contribution < 1.29 is 22.9 Å². The third-order valence-electron chi connectivity index (χ3n) is 4.53. The van der Waals surface area contributed by atoms with E-state index in [0.29, 0.717) is 10.7 Å². The number of carbonyl (C=O) groups excluding carboxylic acids is 1. The molecule has 1 saturated heterocycles. The number of primary amides is 1. The fraction of sp³-hybridized carbons (Fsp3) is 0.353. The predicted molar refractivity (Wildman–Crippen MR) is 112 cm³/mol. The second-order valence-electron chi connectivity index (χ2n) is 6.84. The second-order valence-corrected chi connectivity index (χ2v) is 9.18. The van der Waals surface area contributed by atoms with E-state index in [2.05, 4.69) is 15.3 Å². The molecular weight excluding hydrogens is 452 g/mol. The van der Waals surface area contributed by atoms with Crippen molar-refractivity contribution >= 4 is 50.4 Å². The number of aromatic nitrogens is 2. The van der Waals surface area contributed by atoms with Gasteiger partial charge in [0.05, 0.1) is 18.0 Å². The maximum Gasteiger partial charge on any atom is 0.353 e. The van der Waals surface area contributed by atoms with Crippen LogP contribution >= 0.6 is 11.6 Å². The molecular formula is C17H19ClN6O6S. The van der Waals surface area contributed by atoms with Crippen LogP contribution in [0.15, 0.2) is 29.4 Å². The number of halogens is 1. The number of rotatable bonds is 8. The minimum atomic E-state index is -3.92. The van der Waals surface area contributed by atoms with Crippen LogP contribution in [0.5, 0.6) is 0 Å². The summed E-state index contributed by atoms with van der Waals surface area (Å²) in [5, 5.41) is 14.4. The Bertz CT molecular complexity index is 1130. The van der Waals surface area contributed by atoms with Gasteiger partial charge in [-0.2, -0.15) is 9.97 Å². The molecule has 1 aromatic heterocycles. The van der Waals surface area contributed by atoms with Crippen LogP contribution in [0.3, 0.4) is 0 Å². The van der Waals surface area contributed by atoms with Crippen LogP contribution in [-0.2, 0) is 19.4 Å². The van der Waals surface area contributed by atoms with E-state index in [1.807, 2.05) is 0 Å². The number of hydrogen-bond donors (Lipinski definition) is 2. The molecule has 0 bridgehead atoms. The molecule has 2 aromatic rings. The van der Waals surface area contributed by atoms with E-state index in [1.165, 1.54) is 4.90 Å². The van der Waals surface area contributed by atoms with Crippen molar-refractivity contribution in [2.24, 2.45) is 5.73 Å². The van der Waals surface area contributed by atoms with Crippen LogP contribution in [0.25, 0.3) is 0 Å². The van der Waals surface area contributed by atoms with Gasteiger partial charge in [-0.05, 0) is 31.2 Å². The van der Waals surface area contributed by atoms with E-state index < -0.39 is 37.1 Å². The second kappa shape index (κ2) is 8.24. The number of sulfone groups is 1. The first kappa shape index (κ1) is 22.7. The average Bonchev–Trinajstić information content (AvgIpc) is 2.64. The Balaban J connectivity index is 2.10. The molecule has 1 aliphatic heterocycles. The van der Waals surface area contributed by atoms with Gasteiger partial charge < -0.3 is 20.7 Å². The number of benzene rings is 1. The van der Waals surface area contributed by atoms with Gasteiger partial charge in [0.2, 0.25) is 21.5 Å². The highest BCUT2D eigenvalue weighted by Gasteiger charge is 2.52. The summed E-state index contributed by atoms with van der Waals surface area (Å²) in [5.74, 6) is -1.33. The van der Waals surface area contributed by atoms with Crippen molar-refractivity contribution in [3.8, 4) is 0 Å². The molecule has 14 heteroatoms. The zero-order valence-electron chi connectivity index (χ0n) is 16.5. The number of amides is 1. The molecule has 0 unspecified atom stereocenters. The van der Waals surface area contributed by atoms with E-state index in [1.54, 1.807) is 31.2 Å². The van der Waals surface area contributed by atoms with Gasteiger partial charge in [-0.25, -0.2) is 8.42 Å². The number of nitrogens with zero attached hydrogens (tertiary/aromatic N) is 4. The number of ether oxygens (including phenoxy) is 1. The fourth-order valence-electron chi connectivity index (χ4n) is 3.05. The molecule has 0 atom stereocenters. The Hall–Kier alpha value is -3.03. The van der Waals surface area contributed by atoms with Gasteiger partial charge in [-0.3, -0.25) is 14.9 Å². The van der Waals surface area contributed by atoms with Crippen molar-refractivity contribution in [2.75, 3.05) is 36.2 Å². The van der Waals surface area contributed by atoms with E-state index in [0.717, 1.165) is 6.26 Å². The summed E-state index contributed by atoms with van der Waals surface area (Å²) >= 11 is 5.86. The zero-order valence-corrected chi connectivity index (χ0v) is 18.1. The van der Waals surface area contributed by atoms with Gasteiger partial charge in [-0.1, -0.05) is 11.6 Å². The van der Waals surface area contributed by atoms with Gasteiger partial charge in [0.25, 0.3) is 11.1 Å². The van der Waals surface area contributed by atoms with Crippen molar-refractivity contribution in [2.45, 2.75) is 17.7 Å². The summed E-state index contributed by atoms with van der Waals surface area (Å²) in [6.45, 7) is 1.62. The topological polar surface area (TPSA) is 171 Å². The average molecular weight is 471 g/mol. The van der Waals surface area contributed by atoms with E-state index in [9.17, 15) is 23.3 Å². The molecule has 1 aliphatic rings. The number of nitrogens with one attached hydrogen (secondary N) is 1. The Kier molecular flexibility index (Phi) is 6.02. The molecule has 1 amide bonds. The molecule has 0 spiro atoms. The van der Waals surface area contributed by atoms with Crippen LogP contribution in [0, 0.1) is 10.1 Å². The maximum atomic E-state index is 12.1. The minimum absolute atomic E-state index is 0.127. The van der Waals surface area contributed by atoms with E-state index in [-0.39, 0.29) is 31.3 Å². The highest BCUT2D eigenvalue weighted by molar-refractivity contribution is 7.90. The molecule has 0 radical (unpaired) electrons. The monoisotopic (exact) mass is 470 g/mol. The summed E-state index contributed by atoms with van der Waals surface area (Å²) < 4.78 is 29.7. The number of anilines is 3.